The second-order valence-corrected chi connectivity index (χ2v) is 12.0. The van der Waals surface area contributed by atoms with Crippen LogP contribution >= 0.6 is 0 Å². The van der Waals surface area contributed by atoms with Crippen molar-refractivity contribution in [1.82, 2.24) is 0 Å². The Hall–Kier alpha value is -0.423. The Balaban J connectivity index is 1.73. The minimum absolute atomic E-state index is 0.937. The molecular weight excluding hydrogens is 388 g/mol. The average molecular weight is 439 g/mol. The van der Waals surface area contributed by atoms with E-state index in [1.165, 1.54) is 103 Å². The largest absolute Gasteiger partial charge is 0.500 e. The molecule has 1 rings (SSSR count). The highest BCUT2D eigenvalue weighted by molar-refractivity contribution is 6.60. The number of allylic oxidation sites excluding steroid dienone is 4. The second kappa shape index (κ2) is 19.3. The van der Waals surface area contributed by atoms with Gasteiger partial charge < -0.3 is 13.3 Å². The Morgan fingerprint density at radius 2 is 1.00 bits per heavy atom. The van der Waals surface area contributed by atoms with Crippen molar-refractivity contribution in [2.45, 2.75) is 122 Å². The highest BCUT2D eigenvalue weighted by Crippen LogP contribution is 2.19. The monoisotopic (exact) mass is 438 g/mol. The molecule has 0 atom stereocenters. The summed E-state index contributed by atoms with van der Waals surface area (Å²) in [6.45, 7) is 0. The van der Waals surface area contributed by atoms with Gasteiger partial charge in [0.1, 0.15) is 0 Å². The van der Waals surface area contributed by atoms with Gasteiger partial charge in [-0.2, -0.15) is 0 Å². The molecule has 176 valence electrons. The van der Waals surface area contributed by atoms with E-state index in [4.69, 9.17) is 13.3 Å². The Labute approximate surface area is 189 Å². The molecule has 0 radical (unpaired) electrons. The normalized spacial score (nSPS) is 13.9. The maximum absolute atomic E-state index is 5.47. The molecule has 0 unspecified atom stereocenters. The van der Waals surface area contributed by atoms with Crippen molar-refractivity contribution in [3.63, 3.8) is 0 Å². The molecule has 0 fully saturated rings. The molecule has 0 aromatic carbocycles. The van der Waals surface area contributed by atoms with Crippen LogP contribution in [0, 0.1) is 0 Å². The summed E-state index contributed by atoms with van der Waals surface area (Å²) in [5, 5.41) is 0. The van der Waals surface area contributed by atoms with Gasteiger partial charge in [0, 0.05) is 27.4 Å². The zero-order chi connectivity index (χ0) is 21.8. The number of rotatable bonds is 22. The molecule has 1 aliphatic rings. The van der Waals surface area contributed by atoms with Gasteiger partial charge in [0.2, 0.25) is 0 Å². The van der Waals surface area contributed by atoms with Crippen LogP contribution in [0.3, 0.4) is 0 Å². The Morgan fingerprint density at radius 1 is 0.600 bits per heavy atom. The van der Waals surface area contributed by atoms with Crippen LogP contribution in [-0.2, 0) is 13.3 Å². The number of hydrogen-bond acceptors (Lipinski definition) is 3. The van der Waals surface area contributed by atoms with Crippen molar-refractivity contribution in [3.05, 3.63) is 23.8 Å². The van der Waals surface area contributed by atoms with Crippen LogP contribution in [-0.4, -0.2) is 30.1 Å². The zero-order valence-electron chi connectivity index (χ0n) is 20.4. The van der Waals surface area contributed by atoms with Crippen molar-refractivity contribution in [3.8, 4) is 0 Å². The van der Waals surface area contributed by atoms with Crippen molar-refractivity contribution >= 4 is 8.80 Å². The standard InChI is InChI=1S/C26H50O3Si/c1-27-30(28-2,29-3)25-21-17-15-13-11-9-7-5-4-6-8-10-12-14-16-18-22-26-23-19-20-24-26/h19,23-24H,4-18,20-22,25H2,1-3H3. The van der Waals surface area contributed by atoms with Crippen LogP contribution in [0.1, 0.15) is 116 Å². The van der Waals surface area contributed by atoms with Crippen molar-refractivity contribution in [2.24, 2.45) is 0 Å². The summed E-state index contributed by atoms with van der Waals surface area (Å²) in [5.41, 5.74) is 1.57. The maximum atomic E-state index is 5.47. The van der Waals surface area contributed by atoms with E-state index in [2.05, 4.69) is 18.2 Å². The molecule has 0 saturated heterocycles. The van der Waals surface area contributed by atoms with E-state index in [1.807, 2.05) is 0 Å². The molecule has 0 N–H and O–H groups in total. The molecule has 0 aliphatic heterocycles. The van der Waals surface area contributed by atoms with Gasteiger partial charge in [-0.25, -0.2) is 0 Å². The van der Waals surface area contributed by atoms with E-state index in [0.29, 0.717) is 0 Å². The fraction of sp³-hybridized carbons (Fsp3) is 0.846. The summed E-state index contributed by atoms with van der Waals surface area (Å²) in [6, 6.07) is 0.937. The van der Waals surface area contributed by atoms with Crippen LogP contribution in [0.5, 0.6) is 0 Å². The molecule has 3 nitrogen and oxygen atoms in total. The highest BCUT2D eigenvalue weighted by Gasteiger charge is 2.36. The third kappa shape index (κ3) is 13.8. The van der Waals surface area contributed by atoms with E-state index < -0.39 is 8.80 Å². The van der Waals surface area contributed by atoms with Gasteiger partial charge in [0.25, 0.3) is 0 Å². The highest BCUT2D eigenvalue weighted by atomic mass is 28.4. The van der Waals surface area contributed by atoms with E-state index in [9.17, 15) is 0 Å². The second-order valence-electron chi connectivity index (χ2n) is 8.87. The van der Waals surface area contributed by atoms with Crippen molar-refractivity contribution in [1.29, 1.82) is 0 Å². The Bertz CT molecular complexity index is 435. The molecule has 0 aromatic rings. The summed E-state index contributed by atoms with van der Waals surface area (Å²) in [6.07, 6.45) is 31.7. The lowest BCUT2D eigenvalue weighted by molar-refractivity contribution is 0.122. The minimum atomic E-state index is -2.34. The smallest absolute Gasteiger partial charge is 0.377 e. The molecule has 30 heavy (non-hydrogen) atoms. The summed E-state index contributed by atoms with van der Waals surface area (Å²) in [4.78, 5) is 0. The van der Waals surface area contributed by atoms with Crippen molar-refractivity contribution in [2.75, 3.05) is 21.3 Å². The predicted octanol–water partition coefficient (Wildman–Crippen LogP) is 8.38. The average Bonchev–Trinajstić information content (AvgIpc) is 3.29. The van der Waals surface area contributed by atoms with Gasteiger partial charge in [-0.05, 0) is 25.7 Å². The van der Waals surface area contributed by atoms with Gasteiger partial charge in [0.05, 0.1) is 0 Å². The number of hydrogen-bond donors (Lipinski definition) is 0. The van der Waals surface area contributed by atoms with Crippen LogP contribution in [0.15, 0.2) is 23.8 Å². The van der Waals surface area contributed by atoms with Gasteiger partial charge in [-0.15, -0.1) is 0 Å². The summed E-state index contributed by atoms with van der Waals surface area (Å²) in [5.74, 6) is 0. The van der Waals surface area contributed by atoms with Crippen molar-refractivity contribution < 1.29 is 13.3 Å². The van der Waals surface area contributed by atoms with Crippen LogP contribution in [0.25, 0.3) is 0 Å². The SMILES string of the molecule is CO[Si](CCCCCCCCCCCCCCCCCCC1=CCC=C1)(OC)OC. The first-order valence-corrected chi connectivity index (χ1v) is 14.7. The summed E-state index contributed by atoms with van der Waals surface area (Å²) in [7, 11) is 2.77. The van der Waals surface area contributed by atoms with Gasteiger partial charge in [0.15, 0.2) is 0 Å². The quantitative estimate of drug-likeness (QED) is 0.125. The lowest BCUT2D eigenvalue weighted by Crippen LogP contribution is -2.42. The lowest BCUT2D eigenvalue weighted by Gasteiger charge is -2.24. The molecule has 4 heteroatoms. The van der Waals surface area contributed by atoms with E-state index in [-0.39, 0.29) is 0 Å². The van der Waals surface area contributed by atoms with Crippen LogP contribution in [0.2, 0.25) is 6.04 Å². The van der Waals surface area contributed by atoms with Crippen LogP contribution in [0.4, 0.5) is 0 Å². The lowest BCUT2D eigenvalue weighted by atomic mass is 10.0. The summed E-state index contributed by atoms with van der Waals surface area (Å²) < 4.78 is 16.4. The Kier molecular flexibility index (Phi) is 17.7. The zero-order valence-corrected chi connectivity index (χ0v) is 21.4. The minimum Gasteiger partial charge on any atom is -0.377 e. The van der Waals surface area contributed by atoms with Crippen LogP contribution < -0.4 is 0 Å². The Morgan fingerprint density at radius 3 is 1.37 bits per heavy atom. The number of unbranched alkanes of at least 4 members (excludes halogenated alkanes) is 15. The van der Waals surface area contributed by atoms with E-state index >= 15 is 0 Å². The molecule has 0 aromatic heterocycles. The first kappa shape index (κ1) is 27.6. The molecule has 0 bridgehead atoms. The third-order valence-corrected chi connectivity index (χ3v) is 9.31. The predicted molar refractivity (Wildman–Crippen MR) is 132 cm³/mol. The third-order valence-electron chi connectivity index (χ3n) is 6.48. The first-order chi connectivity index (χ1) is 14.8. The molecule has 0 saturated carbocycles. The molecule has 0 amide bonds. The maximum Gasteiger partial charge on any atom is 0.500 e. The molecular formula is C26H50O3Si. The van der Waals surface area contributed by atoms with Gasteiger partial charge in [-0.3, -0.25) is 0 Å². The molecule has 1 aliphatic carbocycles. The summed E-state index contributed by atoms with van der Waals surface area (Å²) >= 11 is 0. The van der Waals surface area contributed by atoms with Gasteiger partial charge in [-0.1, -0.05) is 114 Å². The fourth-order valence-corrected chi connectivity index (χ4v) is 6.19. The fourth-order valence-electron chi connectivity index (χ4n) is 4.39. The van der Waals surface area contributed by atoms with E-state index in [0.717, 1.165) is 18.9 Å². The first-order valence-electron chi connectivity index (χ1n) is 12.8. The molecule has 0 heterocycles. The topological polar surface area (TPSA) is 27.7 Å². The molecule has 0 spiro atoms. The van der Waals surface area contributed by atoms with E-state index in [1.54, 1.807) is 26.9 Å². The van der Waals surface area contributed by atoms with Gasteiger partial charge >= 0.3 is 8.80 Å².